The first-order valence-corrected chi connectivity index (χ1v) is 5.94. The van der Waals surface area contributed by atoms with Gasteiger partial charge in [0.25, 0.3) is 0 Å². The molecule has 0 saturated heterocycles. The molecule has 0 aliphatic heterocycles. The first-order chi connectivity index (χ1) is 10.3. The van der Waals surface area contributed by atoms with Crippen molar-refractivity contribution in [2.75, 3.05) is 0 Å². The van der Waals surface area contributed by atoms with Crippen LogP contribution in [0.5, 0.6) is 0 Å². The standard InChI is InChI=1S/C13H12.C2H4.2CHNO/c1-3-7-12(8-4-1)11-13-9-5-2-6-10-13;1-2;2*2-1-3/h1-10H,11H2;1-2H2;2*2H. The lowest BCUT2D eigenvalue weighted by atomic mass is 10.1. The molecule has 2 rings (SSSR count). The molecular formula is C17H18N2O2. The van der Waals surface area contributed by atoms with Gasteiger partial charge in [-0.15, -0.1) is 13.2 Å². The molecule has 0 aliphatic carbocycles. The lowest BCUT2D eigenvalue weighted by molar-refractivity contribution is 0.562. The lowest BCUT2D eigenvalue weighted by Gasteiger charge is -2.00. The quantitative estimate of drug-likeness (QED) is 0.498. The molecule has 0 aliphatic rings. The molecule has 0 bridgehead atoms. The van der Waals surface area contributed by atoms with Gasteiger partial charge in [0.05, 0.1) is 0 Å². The Morgan fingerprint density at radius 3 is 1.19 bits per heavy atom. The fourth-order valence-electron chi connectivity index (χ4n) is 1.43. The highest BCUT2D eigenvalue weighted by Crippen LogP contribution is 2.07. The van der Waals surface area contributed by atoms with E-state index in [0.29, 0.717) is 0 Å². The summed E-state index contributed by atoms with van der Waals surface area (Å²) in [4.78, 5) is 16.7. The predicted octanol–water partition coefficient (Wildman–Crippen LogP) is 3.88. The highest BCUT2D eigenvalue weighted by Gasteiger charge is 1.92. The van der Waals surface area contributed by atoms with E-state index in [1.165, 1.54) is 11.1 Å². The van der Waals surface area contributed by atoms with E-state index in [1.807, 2.05) is 0 Å². The summed E-state index contributed by atoms with van der Waals surface area (Å²) in [6, 6.07) is 21.1. The maximum atomic E-state index is 8.35. The minimum Gasteiger partial charge on any atom is -0.222 e. The Morgan fingerprint density at radius 2 is 0.952 bits per heavy atom. The molecule has 0 unspecified atom stereocenters. The predicted molar refractivity (Wildman–Crippen MR) is 83.8 cm³/mol. The van der Waals surface area contributed by atoms with Crippen molar-refractivity contribution in [1.29, 1.82) is 10.8 Å². The van der Waals surface area contributed by atoms with E-state index < -0.39 is 0 Å². The summed E-state index contributed by atoms with van der Waals surface area (Å²) in [6.45, 7) is 6.00. The number of benzene rings is 2. The molecule has 2 aromatic carbocycles. The number of carbonyl (C=O) groups excluding carboxylic acids is 2. The van der Waals surface area contributed by atoms with Crippen molar-refractivity contribution in [3.63, 3.8) is 0 Å². The molecule has 0 saturated carbocycles. The summed E-state index contributed by atoms with van der Waals surface area (Å²) in [5.74, 6) is 0. The van der Waals surface area contributed by atoms with E-state index in [-0.39, 0.29) is 0 Å². The van der Waals surface area contributed by atoms with Gasteiger partial charge in [0.15, 0.2) is 0 Å². The third kappa shape index (κ3) is 13.2. The first kappa shape index (κ1) is 20.3. The van der Waals surface area contributed by atoms with Gasteiger partial charge in [0.2, 0.25) is 12.2 Å². The van der Waals surface area contributed by atoms with E-state index in [1.54, 1.807) is 0 Å². The second kappa shape index (κ2) is 16.9. The molecule has 108 valence electrons. The number of isocyanates is 2. The Bertz CT molecular complexity index is 478. The highest BCUT2D eigenvalue weighted by atomic mass is 16.1. The normalized spacial score (nSPS) is 7.05. The first-order valence-electron chi connectivity index (χ1n) is 5.94. The monoisotopic (exact) mass is 282 g/mol. The fourth-order valence-corrected chi connectivity index (χ4v) is 1.43. The molecule has 21 heavy (non-hydrogen) atoms. The van der Waals surface area contributed by atoms with Crippen LogP contribution in [-0.4, -0.2) is 12.2 Å². The summed E-state index contributed by atoms with van der Waals surface area (Å²) in [6.07, 6.45) is 2.53. The fraction of sp³-hybridized carbons (Fsp3) is 0.0588. The topological polar surface area (TPSA) is 81.8 Å². The van der Waals surface area contributed by atoms with Crippen LogP contribution in [0.1, 0.15) is 11.1 Å². The van der Waals surface area contributed by atoms with Crippen molar-refractivity contribution in [1.82, 2.24) is 0 Å². The number of hydrogen-bond donors (Lipinski definition) is 2. The summed E-state index contributed by atoms with van der Waals surface area (Å²) in [5, 5.41) is 10.8. The summed E-state index contributed by atoms with van der Waals surface area (Å²) >= 11 is 0. The molecule has 0 aromatic heterocycles. The molecule has 0 heterocycles. The number of nitrogens with one attached hydrogen (secondary N) is 2. The molecule has 0 amide bonds. The van der Waals surface area contributed by atoms with Crippen molar-refractivity contribution in [3.05, 3.63) is 84.9 Å². The van der Waals surface area contributed by atoms with Crippen LogP contribution in [0.15, 0.2) is 73.8 Å². The van der Waals surface area contributed by atoms with E-state index in [2.05, 4.69) is 73.8 Å². The smallest absolute Gasteiger partial charge is 0.222 e. The molecule has 0 spiro atoms. The molecule has 0 fully saturated rings. The van der Waals surface area contributed by atoms with Gasteiger partial charge in [-0.25, -0.2) is 20.4 Å². The second-order valence-corrected chi connectivity index (χ2v) is 3.35. The molecule has 2 N–H and O–H groups in total. The van der Waals surface area contributed by atoms with Gasteiger partial charge >= 0.3 is 0 Å². The summed E-state index contributed by atoms with van der Waals surface area (Å²) in [7, 11) is 0. The van der Waals surface area contributed by atoms with Crippen molar-refractivity contribution in [3.8, 4) is 0 Å². The minimum absolute atomic E-state index is 0.750. The summed E-state index contributed by atoms with van der Waals surface area (Å²) in [5.41, 5.74) is 2.74. The molecular weight excluding hydrogens is 264 g/mol. The maximum Gasteiger partial charge on any atom is 0.231 e. The number of rotatable bonds is 2. The molecule has 4 heteroatoms. The van der Waals surface area contributed by atoms with Crippen LogP contribution in [0, 0.1) is 10.8 Å². The average Bonchev–Trinajstić information content (AvgIpc) is 2.53. The second-order valence-electron chi connectivity index (χ2n) is 3.35. The molecule has 0 atom stereocenters. The van der Waals surface area contributed by atoms with Crippen LogP contribution in [0.25, 0.3) is 0 Å². The van der Waals surface area contributed by atoms with Crippen LogP contribution >= 0.6 is 0 Å². The van der Waals surface area contributed by atoms with E-state index in [0.717, 1.165) is 18.6 Å². The van der Waals surface area contributed by atoms with Crippen LogP contribution < -0.4 is 0 Å². The van der Waals surface area contributed by atoms with E-state index >= 15 is 0 Å². The van der Waals surface area contributed by atoms with Crippen LogP contribution in [0.4, 0.5) is 0 Å². The summed E-state index contributed by atoms with van der Waals surface area (Å²) < 4.78 is 0. The van der Waals surface area contributed by atoms with Crippen molar-refractivity contribution in [2.24, 2.45) is 0 Å². The Balaban J connectivity index is 0. The third-order valence-electron chi connectivity index (χ3n) is 2.09. The van der Waals surface area contributed by atoms with Crippen molar-refractivity contribution in [2.45, 2.75) is 6.42 Å². The van der Waals surface area contributed by atoms with Crippen LogP contribution in [-0.2, 0) is 16.0 Å². The zero-order valence-electron chi connectivity index (χ0n) is 11.7. The van der Waals surface area contributed by atoms with Crippen molar-refractivity contribution < 1.29 is 9.59 Å². The molecule has 2 aromatic rings. The van der Waals surface area contributed by atoms with E-state index in [9.17, 15) is 0 Å². The van der Waals surface area contributed by atoms with Gasteiger partial charge in [-0.2, -0.15) is 0 Å². The Kier molecular flexibility index (Phi) is 16.3. The van der Waals surface area contributed by atoms with Gasteiger partial charge in [0, 0.05) is 0 Å². The lowest BCUT2D eigenvalue weighted by Crippen LogP contribution is -1.85. The van der Waals surface area contributed by atoms with Gasteiger partial charge in [-0.05, 0) is 17.5 Å². The zero-order chi connectivity index (χ0) is 16.3. The average molecular weight is 282 g/mol. The molecule has 0 radical (unpaired) electrons. The van der Waals surface area contributed by atoms with Crippen LogP contribution in [0.2, 0.25) is 0 Å². The highest BCUT2D eigenvalue weighted by molar-refractivity contribution is 5.26. The van der Waals surface area contributed by atoms with E-state index in [4.69, 9.17) is 20.4 Å². The number of hydrogen-bond acceptors (Lipinski definition) is 4. The van der Waals surface area contributed by atoms with Crippen LogP contribution in [0.3, 0.4) is 0 Å². The Labute approximate surface area is 124 Å². The largest absolute Gasteiger partial charge is 0.231 e. The van der Waals surface area contributed by atoms with Gasteiger partial charge in [-0.1, -0.05) is 60.7 Å². The minimum atomic E-state index is 0.750. The molecule has 4 nitrogen and oxygen atoms in total. The van der Waals surface area contributed by atoms with Crippen molar-refractivity contribution >= 4 is 12.2 Å². The van der Waals surface area contributed by atoms with Gasteiger partial charge in [0.1, 0.15) is 0 Å². The third-order valence-corrected chi connectivity index (χ3v) is 2.09. The SMILES string of the molecule is C=C.N=C=O.N=C=O.c1ccc(Cc2ccccc2)cc1. The van der Waals surface area contributed by atoms with Gasteiger partial charge < -0.3 is 0 Å². The van der Waals surface area contributed by atoms with Gasteiger partial charge in [-0.3, -0.25) is 0 Å². The zero-order valence-corrected chi connectivity index (χ0v) is 11.7. The Hall–Kier alpha value is -3.06. The Morgan fingerprint density at radius 1 is 0.714 bits per heavy atom. The maximum absolute atomic E-state index is 8.35.